The van der Waals surface area contributed by atoms with Crippen molar-refractivity contribution in [2.75, 3.05) is 0 Å². The third kappa shape index (κ3) is 3.43. The molecule has 0 aliphatic heterocycles. The third-order valence-corrected chi connectivity index (χ3v) is 3.74. The van der Waals surface area contributed by atoms with Crippen LogP contribution < -0.4 is 5.43 Å². The first-order valence-corrected chi connectivity index (χ1v) is 7.23. The van der Waals surface area contributed by atoms with E-state index in [0.29, 0.717) is 27.2 Å². The fourth-order valence-corrected chi connectivity index (χ4v) is 2.34. The van der Waals surface area contributed by atoms with Gasteiger partial charge in [0.1, 0.15) is 0 Å². The SMILES string of the molecule is O=C(N/N=C/c1ccc(Cl)cc1Cl)c1cc(C2CC2)[nH]n1. The Morgan fingerprint density at radius 2 is 2.19 bits per heavy atom. The van der Waals surface area contributed by atoms with Crippen LogP contribution in [0.15, 0.2) is 29.4 Å². The largest absolute Gasteiger partial charge is 0.291 e. The summed E-state index contributed by atoms with van der Waals surface area (Å²) in [4.78, 5) is 11.9. The number of amides is 1. The molecule has 1 amide bonds. The maximum absolute atomic E-state index is 11.9. The number of hydrogen-bond donors (Lipinski definition) is 2. The highest BCUT2D eigenvalue weighted by Crippen LogP contribution is 2.38. The Labute approximate surface area is 131 Å². The lowest BCUT2D eigenvalue weighted by Crippen LogP contribution is -2.18. The molecule has 0 unspecified atom stereocenters. The summed E-state index contributed by atoms with van der Waals surface area (Å²) >= 11 is 11.8. The van der Waals surface area contributed by atoms with Gasteiger partial charge in [-0.25, -0.2) is 5.43 Å². The van der Waals surface area contributed by atoms with Gasteiger partial charge in [-0.1, -0.05) is 29.3 Å². The Morgan fingerprint density at radius 1 is 1.38 bits per heavy atom. The number of carbonyl (C=O) groups excluding carboxylic acids is 1. The summed E-state index contributed by atoms with van der Waals surface area (Å²) in [6.45, 7) is 0. The summed E-state index contributed by atoms with van der Waals surface area (Å²) in [5, 5.41) is 11.7. The molecular formula is C14H12Cl2N4O. The number of halogens is 2. The van der Waals surface area contributed by atoms with Crippen molar-refractivity contribution in [2.45, 2.75) is 18.8 Å². The Kier molecular flexibility index (Phi) is 3.94. The second kappa shape index (κ2) is 5.87. The van der Waals surface area contributed by atoms with Gasteiger partial charge in [0.05, 0.1) is 11.2 Å². The van der Waals surface area contributed by atoms with Crippen molar-refractivity contribution in [3.8, 4) is 0 Å². The molecule has 7 heteroatoms. The lowest BCUT2D eigenvalue weighted by atomic mass is 10.2. The van der Waals surface area contributed by atoms with Gasteiger partial charge >= 0.3 is 0 Å². The molecule has 1 saturated carbocycles. The fourth-order valence-electron chi connectivity index (χ4n) is 1.88. The van der Waals surface area contributed by atoms with E-state index in [1.807, 2.05) is 0 Å². The van der Waals surface area contributed by atoms with E-state index in [1.165, 1.54) is 6.21 Å². The number of hydrogen-bond acceptors (Lipinski definition) is 3. The molecule has 0 atom stereocenters. The van der Waals surface area contributed by atoms with Crippen LogP contribution >= 0.6 is 23.2 Å². The molecule has 0 radical (unpaired) electrons. The highest BCUT2D eigenvalue weighted by Gasteiger charge is 2.26. The minimum absolute atomic E-state index is 0.330. The summed E-state index contributed by atoms with van der Waals surface area (Å²) in [7, 11) is 0. The Balaban J connectivity index is 1.62. The molecular weight excluding hydrogens is 311 g/mol. The maximum Gasteiger partial charge on any atom is 0.291 e. The van der Waals surface area contributed by atoms with E-state index in [0.717, 1.165) is 18.5 Å². The zero-order valence-electron chi connectivity index (χ0n) is 10.9. The third-order valence-electron chi connectivity index (χ3n) is 3.18. The average Bonchev–Trinajstić information content (AvgIpc) is 3.18. The number of H-pyrrole nitrogens is 1. The topological polar surface area (TPSA) is 70.1 Å². The van der Waals surface area contributed by atoms with Gasteiger partial charge in [0.25, 0.3) is 5.91 Å². The van der Waals surface area contributed by atoms with E-state index in [9.17, 15) is 4.79 Å². The first-order valence-electron chi connectivity index (χ1n) is 6.47. The van der Waals surface area contributed by atoms with Crippen molar-refractivity contribution in [2.24, 2.45) is 5.10 Å². The normalized spacial score (nSPS) is 14.6. The molecule has 0 bridgehead atoms. The van der Waals surface area contributed by atoms with E-state index in [2.05, 4.69) is 20.7 Å². The van der Waals surface area contributed by atoms with Gasteiger partial charge in [-0.15, -0.1) is 0 Å². The Morgan fingerprint density at radius 3 is 2.90 bits per heavy atom. The molecule has 1 heterocycles. The highest BCUT2D eigenvalue weighted by molar-refractivity contribution is 6.36. The Bertz CT molecular complexity index is 707. The zero-order valence-corrected chi connectivity index (χ0v) is 12.4. The van der Waals surface area contributed by atoms with E-state index in [4.69, 9.17) is 23.2 Å². The number of nitrogens with one attached hydrogen (secondary N) is 2. The van der Waals surface area contributed by atoms with Gasteiger partial charge in [-0.3, -0.25) is 9.89 Å². The van der Waals surface area contributed by atoms with E-state index in [1.54, 1.807) is 24.3 Å². The first kappa shape index (κ1) is 14.1. The summed E-state index contributed by atoms with van der Waals surface area (Å²) in [5.41, 5.74) is 4.42. The smallest absolute Gasteiger partial charge is 0.281 e. The average molecular weight is 323 g/mol. The van der Waals surface area contributed by atoms with Crippen molar-refractivity contribution in [3.63, 3.8) is 0 Å². The molecule has 21 heavy (non-hydrogen) atoms. The molecule has 108 valence electrons. The molecule has 1 aliphatic carbocycles. The van der Waals surface area contributed by atoms with Crippen molar-refractivity contribution >= 4 is 35.3 Å². The minimum atomic E-state index is -0.362. The fraction of sp³-hybridized carbons (Fsp3) is 0.214. The number of rotatable bonds is 4. The van der Waals surface area contributed by atoms with Gasteiger partial charge in [-0.05, 0) is 31.0 Å². The molecule has 5 nitrogen and oxygen atoms in total. The maximum atomic E-state index is 11.9. The van der Waals surface area contributed by atoms with Gasteiger partial charge in [0, 0.05) is 22.2 Å². The standard InChI is InChI=1S/C14H12Cl2N4O/c15-10-4-3-9(11(16)5-10)7-17-20-14(21)13-6-12(18-19-13)8-1-2-8/h3-8H,1-2H2,(H,18,19)(H,20,21)/b17-7+. The van der Waals surface area contributed by atoms with Crippen LogP contribution in [0.2, 0.25) is 10.0 Å². The van der Waals surface area contributed by atoms with E-state index in [-0.39, 0.29) is 5.91 Å². The van der Waals surface area contributed by atoms with Crippen molar-refractivity contribution < 1.29 is 4.79 Å². The lowest BCUT2D eigenvalue weighted by molar-refractivity contribution is 0.0950. The number of hydrazone groups is 1. The predicted molar refractivity (Wildman–Crippen MR) is 82.1 cm³/mol. The molecule has 2 aromatic rings. The number of aromatic amines is 1. The van der Waals surface area contributed by atoms with Crippen LogP contribution in [0.4, 0.5) is 0 Å². The highest BCUT2D eigenvalue weighted by atomic mass is 35.5. The van der Waals surface area contributed by atoms with Gasteiger partial charge in [-0.2, -0.15) is 10.2 Å². The van der Waals surface area contributed by atoms with E-state index >= 15 is 0 Å². The molecule has 1 aliphatic rings. The Hall–Kier alpha value is -1.85. The van der Waals surface area contributed by atoms with Crippen LogP contribution in [0.5, 0.6) is 0 Å². The van der Waals surface area contributed by atoms with Crippen LogP contribution in [0, 0.1) is 0 Å². The molecule has 2 N–H and O–H groups in total. The second-order valence-corrected chi connectivity index (χ2v) is 5.69. The van der Waals surface area contributed by atoms with Gasteiger partial charge in [0.2, 0.25) is 0 Å². The molecule has 1 aromatic heterocycles. The number of aromatic nitrogens is 2. The molecule has 1 fully saturated rings. The van der Waals surface area contributed by atoms with E-state index < -0.39 is 0 Å². The molecule has 1 aromatic carbocycles. The number of nitrogens with zero attached hydrogens (tertiary/aromatic N) is 2. The van der Waals surface area contributed by atoms with Crippen LogP contribution in [0.1, 0.15) is 40.5 Å². The quantitative estimate of drug-likeness (QED) is 0.669. The molecule has 0 saturated heterocycles. The summed E-state index contributed by atoms with van der Waals surface area (Å²) < 4.78 is 0. The monoisotopic (exact) mass is 322 g/mol. The minimum Gasteiger partial charge on any atom is -0.281 e. The summed E-state index contributed by atoms with van der Waals surface area (Å²) in [5.74, 6) is 0.162. The number of benzene rings is 1. The molecule has 3 rings (SSSR count). The summed E-state index contributed by atoms with van der Waals surface area (Å²) in [6, 6.07) is 6.80. The second-order valence-electron chi connectivity index (χ2n) is 4.85. The zero-order chi connectivity index (χ0) is 14.8. The van der Waals surface area contributed by atoms with Gasteiger partial charge < -0.3 is 0 Å². The first-order chi connectivity index (χ1) is 10.1. The van der Waals surface area contributed by atoms with Crippen LogP contribution in [-0.4, -0.2) is 22.3 Å². The van der Waals surface area contributed by atoms with Crippen molar-refractivity contribution in [1.29, 1.82) is 0 Å². The van der Waals surface area contributed by atoms with Crippen LogP contribution in [0.3, 0.4) is 0 Å². The predicted octanol–water partition coefficient (Wildman–Crippen LogP) is 3.36. The van der Waals surface area contributed by atoms with Gasteiger partial charge in [0.15, 0.2) is 5.69 Å². The van der Waals surface area contributed by atoms with Crippen molar-refractivity contribution in [3.05, 3.63) is 51.3 Å². The molecule has 0 spiro atoms. The lowest BCUT2D eigenvalue weighted by Gasteiger charge is -1.98. The van der Waals surface area contributed by atoms with Crippen LogP contribution in [0.25, 0.3) is 0 Å². The summed E-state index contributed by atoms with van der Waals surface area (Å²) in [6.07, 6.45) is 3.76. The van der Waals surface area contributed by atoms with Crippen molar-refractivity contribution in [1.82, 2.24) is 15.6 Å². The van der Waals surface area contributed by atoms with Crippen LogP contribution in [-0.2, 0) is 0 Å². The number of carbonyl (C=O) groups is 1.